The van der Waals surface area contributed by atoms with E-state index in [1.165, 1.54) is 4.90 Å². The van der Waals surface area contributed by atoms with Gasteiger partial charge in [0.25, 0.3) is 0 Å². The van der Waals surface area contributed by atoms with Crippen LogP contribution in [0.15, 0.2) is 72.8 Å². The highest BCUT2D eigenvalue weighted by molar-refractivity contribution is 7.92. The Morgan fingerprint density at radius 1 is 0.846 bits per heavy atom. The van der Waals surface area contributed by atoms with Gasteiger partial charge in [-0.2, -0.15) is 0 Å². The van der Waals surface area contributed by atoms with Crippen molar-refractivity contribution < 1.29 is 18.0 Å². The Labute approximate surface area is 232 Å². The maximum absolute atomic E-state index is 14.1. The number of carbonyl (C=O) groups excluding carboxylic acids is 2. The summed E-state index contributed by atoms with van der Waals surface area (Å²) in [6.45, 7) is 9.21. The van der Waals surface area contributed by atoms with Crippen molar-refractivity contribution in [1.82, 2.24) is 10.2 Å². The van der Waals surface area contributed by atoms with Crippen LogP contribution in [0.2, 0.25) is 0 Å². The van der Waals surface area contributed by atoms with Gasteiger partial charge in [0.1, 0.15) is 12.6 Å². The molecule has 0 saturated carbocycles. The third kappa shape index (κ3) is 8.42. The second-order valence-corrected chi connectivity index (χ2v) is 12.3. The second kappa shape index (κ2) is 12.9. The third-order valence-electron chi connectivity index (χ3n) is 6.48. The summed E-state index contributed by atoms with van der Waals surface area (Å²) in [4.78, 5) is 29.2. The predicted molar refractivity (Wildman–Crippen MR) is 157 cm³/mol. The minimum Gasteiger partial charge on any atom is -0.352 e. The molecular weight excluding hydrogens is 510 g/mol. The molecule has 0 heterocycles. The average Bonchev–Trinajstić information content (AvgIpc) is 2.85. The number of nitrogens with zero attached hydrogens (tertiary/aromatic N) is 2. The monoisotopic (exact) mass is 549 g/mol. The lowest BCUT2D eigenvalue weighted by molar-refractivity contribution is -0.140. The van der Waals surface area contributed by atoms with Crippen LogP contribution in [-0.4, -0.2) is 50.0 Å². The molecule has 2 amide bonds. The van der Waals surface area contributed by atoms with Gasteiger partial charge in [0.15, 0.2) is 0 Å². The maximum Gasteiger partial charge on any atom is 0.244 e. The fourth-order valence-electron chi connectivity index (χ4n) is 4.50. The highest BCUT2D eigenvalue weighted by Gasteiger charge is 2.33. The molecule has 0 spiro atoms. The summed E-state index contributed by atoms with van der Waals surface area (Å²) >= 11 is 0. The minimum absolute atomic E-state index is 0.130. The van der Waals surface area contributed by atoms with E-state index in [4.69, 9.17) is 0 Å². The van der Waals surface area contributed by atoms with Gasteiger partial charge < -0.3 is 10.2 Å². The lowest BCUT2D eigenvalue weighted by Crippen LogP contribution is -2.54. The largest absolute Gasteiger partial charge is 0.352 e. The molecule has 3 aromatic rings. The number of rotatable bonds is 11. The number of anilines is 1. The highest BCUT2D eigenvalue weighted by atomic mass is 32.2. The molecule has 208 valence electrons. The van der Waals surface area contributed by atoms with E-state index in [2.05, 4.69) is 5.32 Å². The van der Waals surface area contributed by atoms with E-state index in [0.29, 0.717) is 12.1 Å². The molecular formula is C31H39N3O4S. The van der Waals surface area contributed by atoms with Gasteiger partial charge in [-0.25, -0.2) is 8.42 Å². The normalized spacial score (nSPS) is 12.2. The summed E-state index contributed by atoms with van der Waals surface area (Å²) in [7, 11) is -3.80. The fourth-order valence-corrected chi connectivity index (χ4v) is 5.41. The van der Waals surface area contributed by atoms with E-state index >= 15 is 0 Å². The van der Waals surface area contributed by atoms with Crippen LogP contribution in [0.3, 0.4) is 0 Å². The molecule has 0 bridgehead atoms. The molecule has 0 aliphatic rings. The van der Waals surface area contributed by atoms with Gasteiger partial charge in [-0.15, -0.1) is 0 Å². The number of hydrogen-bond donors (Lipinski definition) is 1. The van der Waals surface area contributed by atoms with Gasteiger partial charge in [0, 0.05) is 19.0 Å². The first kappa shape index (κ1) is 29.9. The van der Waals surface area contributed by atoms with Gasteiger partial charge in [0.05, 0.1) is 11.9 Å². The zero-order chi connectivity index (χ0) is 28.7. The minimum atomic E-state index is -3.80. The summed E-state index contributed by atoms with van der Waals surface area (Å²) in [5, 5.41) is 2.96. The van der Waals surface area contributed by atoms with E-state index in [1.54, 1.807) is 6.07 Å². The number of carbonyl (C=O) groups is 2. The van der Waals surface area contributed by atoms with E-state index in [9.17, 15) is 18.0 Å². The third-order valence-corrected chi connectivity index (χ3v) is 7.60. The molecule has 0 aliphatic heterocycles. The van der Waals surface area contributed by atoms with Gasteiger partial charge in [-0.05, 0) is 57.4 Å². The van der Waals surface area contributed by atoms with Gasteiger partial charge in [-0.3, -0.25) is 13.9 Å². The molecule has 0 aliphatic carbocycles. The van der Waals surface area contributed by atoms with Crippen LogP contribution in [-0.2, 0) is 32.6 Å². The molecule has 1 atom stereocenters. The van der Waals surface area contributed by atoms with Crippen molar-refractivity contribution >= 4 is 27.5 Å². The SMILES string of the molecule is Cc1ccc(CN(C(=O)CN(c2ccc(C)cc2C)S(C)(=O)=O)[C@H](Cc2ccccc2)C(=O)NC(C)C)cc1. The van der Waals surface area contributed by atoms with Crippen molar-refractivity contribution in [3.8, 4) is 0 Å². The molecule has 7 nitrogen and oxygen atoms in total. The van der Waals surface area contributed by atoms with Crippen LogP contribution >= 0.6 is 0 Å². The number of hydrogen-bond acceptors (Lipinski definition) is 4. The Bertz CT molecular complexity index is 1390. The van der Waals surface area contributed by atoms with Crippen LogP contribution in [0.5, 0.6) is 0 Å². The molecule has 39 heavy (non-hydrogen) atoms. The highest BCUT2D eigenvalue weighted by Crippen LogP contribution is 2.25. The first-order valence-electron chi connectivity index (χ1n) is 13.1. The van der Waals surface area contributed by atoms with E-state index in [1.807, 2.05) is 101 Å². The Kier molecular flexibility index (Phi) is 9.92. The number of benzene rings is 3. The first-order chi connectivity index (χ1) is 18.3. The molecule has 0 fully saturated rings. The zero-order valence-electron chi connectivity index (χ0n) is 23.6. The van der Waals surface area contributed by atoms with Crippen LogP contribution in [0.25, 0.3) is 0 Å². The molecule has 0 radical (unpaired) electrons. The lowest BCUT2D eigenvalue weighted by atomic mass is 10.0. The van der Waals surface area contributed by atoms with E-state index in [-0.39, 0.29) is 18.5 Å². The standard InChI is InChI=1S/C31H39N3O4S/c1-22(2)32-31(36)29(19-26-10-8-7-9-11-26)33(20-27-15-12-23(3)13-16-27)30(35)21-34(39(6,37)38)28-17-14-24(4)18-25(28)5/h7-18,22,29H,19-21H2,1-6H3,(H,32,36)/t29-/m1/s1. The Balaban J connectivity index is 2.07. The van der Waals surface area contributed by atoms with Crippen molar-refractivity contribution in [2.24, 2.45) is 0 Å². The van der Waals surface area contributed by atoms with Crippen molar-refractivity contribution in [2.45, 2.75) is 59.7 Å². The number of nitrogens with one attached hydrogen (secondary N) is 1. The summed E-state index contributed by atoms with van der Waals surface area (Å²) in [5.74, 6) is -0.743. The molecule has 1 N–H and O–H groups in total. The topological polar surface area (TPSA) is 86.8 Å². The average molecular weight is 550 g/mol. The molecule has 8 heteroatoms. The predicted octanol–water partition coefficient (Wildman–Crippen LogP) is 4.54. The van der Waals surface area contributed by atoms with E-state index in [0.717, 1.165) is 38.4 Å². The Morgan fingerprint density at radius 3 is 2.03 bits per heavy atom. The number of aryl methyl sites for hydroxylation is 3. The van der Waals surface area contributed by atoms with Crippen LogP contribution in [0.1, 0.15) is 41.7 Å². The molecule has 0 unspecified atom stereocenters. The quantitative estimate of drug-likeness (QED) is 0.380. The van der Waals surface area contributed by atoms with Crippen LogP contribution < -0.4 is 9.62 Å². The summed E-state index contributed by atoms with van der Waals surface area (Å²) < 4.78 is 27.0. The van der Waals surface area contributed by atoms with Crippen LogP contribution in [0.4, 0.5) is 5.69 Å². The smallest absolute Gasteiger partial charge is 0.244 e. The number of amides is 2. The molecule has 3 aromatic carbocycles. The Hall–Kier alpha value is -3.65. The molecule has 3 rings (SSSR count). The van der Waals surface area contributed by atoms with Gasteiger partial charge in [-0.1, -0.05) is 77.9 Å². The van der Waals surface area contributed by atoms with E-state index < -0.39 is 28.5 Å². The molecule has 0 saturated heterocycles. The Morgan fingerprint density at radius 2 is 1.46 bits per heavy atom. The zero-order valence-corrected chi connectivity index (χ0v) is 24.5. The van der Waals surface area contributed by atoms with Crippen molar-refractivity contribution in [1.29, 1.82) is 0 Å². The fraction of sp³-hybridized carbons (Fsp3) is 0.355. The first-order valence-corrected chi connectivity index (χ1v) is 14.9. The van der Waals surface area contributed by atoms with Gasteiger partial charge >= 0.3 is 0 Å². The molecule has 0 aromatic heterocycles. The summed E-state index contributed by atoms with van der Waals surface area (Å²) in [5.41, 5.74) is 5.01. The van der Waals surface area contributed by atoms with Gasteiger partial charge in [0.2, 0.25) is 21.8 Å². The van der Waals surface area contributed by atoms with Crippen molar-refractivity contribution in [2.75, 3.05) is 17.1 Å². The van der Waals surface area contributed by atoms with Crippen molar-refractivity contribution in [3.63, 3.8) is 0 Å². The maximum atomic E-state index is 14.1. The second-order valence-electron chi connectivity index (χ2n) is 10.4. The van der Waals surface area contributed by atoms with Crippen LogP contribution in [0, 0.1) is 20.8 Å². The summed E-state index contributed by atoms with van der Waals surface area (Å²) in [6, 6.07) is 21.7. The summed E-state index contributed by atoms with van der Waals surface area (Å²) in [6.07, 6.45) is 1.39. The lowest BCUT2D eigenvalue weighted by Gasteiger charge is -2.34. The van der Waals surface area contributed by atoms with Crippen molar-refractivity contribution in [3.05, 3.63) is 101 Å². The number of sulfonamides is 1.